The molecule has 2 aliphatic rings. The summed E-state index contributed by atoms with van der Waals surface area (Å²) in [5, 5.41) is 14.4. The maximum atomic E-state index is 13.7. The van der Waals surface area contributed by atoms with Gasteiger partial charge in [0.2, 0.25) is 0 Å². The first kappa shape index (κ1) is 13.0. The van der Waals surface area contributed by atoms with Crippen LogP contribution in [-0.2, 0) is 0 Å². The van der Waals surface area contributed by atoms with Crippen molar-refractivity contribution >= 4 is 34.0 Å². The fraction of sp³-hybridized carbons (Fsp3) is 0.500. The topological polar surface area (TPSA) is 58.4 Å². The van der Waals surface area contributed by atoms with E-state index in [0.717, 1.165) is 26.2 Å². The van der Waals surface area contributed by atoms with E-state index < -0.39 is 10.7 Å². The highest BCUT2D eigenvalue weighted by molar-refractivity contribution is 14.1. The SMILES string of the molecule is O=[N+]([O-])c1cc(I)c(F)cc1N1CC2CNCC2C1. The number of nitro groups is 1. The maximum Gasteiger partial charge on any atom is 0.293 e. The van der Waals surface area contributed by atoms with Crippen LogP contribution in [0.2, 0.25) is 0 Å². The van der Waals surface area contributed by atoms with E-state index in [-0.39, 0.29) is 9.26 Å². The first-order chi connectivity index (χ1) is 9.06. The van der Waals surface area contributed by atoms with Crippen molar-refractivity contribution < 1.29 is 9.31 Å². The number of nitro benzene ring substituents is 1. The van der Waals surface area contributed by atoms with Gasteiger partial charge in [0.1, 0.15) is 11.5 Å². The Morgan fingerprint density at radius 1 is 1.37 bits per heavy atom. The molecule has 0 amide bonds. The van der Waals surface area contributed by atoms with Gasteiger partial charge in [0.05, 0.1) is 8.49 Å². The number of rotatable bonds is 2. The zero-order valence-corrected chi connectivity index (χ0v) is 12.3. The summed E-state index contributed by atoms with van der Waals surface area (Å²) in [6.07, 6.45) is 0. The number of nitrogens with zero attached hydrogens (tertiary/aromatic N) is 2. The molecule has 5 nitrogen and oxygen atoms in total. The molecule has 2 aliphatic heterocycles. The van der Waals surface area contributed by atoms with Crippen LogP contribution in [0.4, 0.5) is 15.8 Å². The normalized spacial score (nSPS) is 25.7. The number of fused-ring (bicyclic) bond motifs is 1. The van der Waals surface area contributed by atoms with Crippen molar-refractivity contribution in [3.05, 3.63) is 31.6 Å². The molecule has 0 aromatic heterocycles. The molecule has 1 N–H and O–H groups in total. The van der Waals surface area contributed by atoms with Gasteiger partial charge in [-0.25, -0.2) is 4.39 Å². The summed E-state index contributed by atoms with van der Waals surface area (Å²) in [5.74, 6) is 0.639. The molecular formula is C12H13FIN3O2. The van der Waals surface area contributed by atoms with Gasteiger partial charge in [-0.15, -0.1) is 0 Å². The largest absolute Gasteiger partial charge is 0.365 e. The molecule has 3 rings (SSSR count). The van der Waals surface area contributed by atoms with Crippen LogP contribution in [0.15, 0.2) is 12.1 Å². The highest BCUT2D eigenvalue weighted by atomic mass is 127. The van der Waals surface area contributed by atoms with Crippen molar-refractivity contribution in [2.45, 2.75) is 0 Å². The van der Waals surface area contributed by atoms with Crippen LogP contribution >= 0.6 is 22.6 Å². The van der Waals surface area contributed by atoms with Gasteiger partial charge in [0, 0.05) is 38.3 Å². The summed E-state index contributed by atoms with van der Waals surface area (Å²) >= 11 is 1.78. The van der Waals surface area contributed by atoms with Crippen LogP contribution in [0.1, 0.15) is 0 Å². The summed E-state index contributed by atoms with van der Waals surface area (Å²) in [5.41, 5.74) is 0.413. The van der Waals surface area contributed by atoms with Gasteiger partial charge >= 0.3 is 0 Å². The van der Waals surface area contributed by atoms with Crippen LogP contribution in [0.5, 0.6) is 0 Å². The van der Waals surface area contributed by atoms with Crippen LogP contribution in [0.3, 0.4) is 0 Å². The van der Waals surface area contributed by atoms with E-state index in [2.05, 4.69) is 5.32 Å². The Labute approximate surface area is 123 Å². The summed E-state index contributed by atoms with van der Waals surface area (Å²) in [4.78, 5) is 12.7. The second-order valence-electron chi connectivity index (χ2n) is 5.10. The molecule has 0 spiro atoms. The highest BCUT2D eigenvalue weighted by Crippen LogP contribution is 2.37. The van der Waals surface area contributed by atoms with E-state index in [0.29, 0.717) is 17.5 Å². The van der Waals surface area contributed by atoms with Crippen molar-refractivity contribution in [3.8, 4) is 0 Å². The van der Waals surface area contributed by atoms with Crippen molar-refractivity contribution in [2.24, 2.45) is 11.8 Å². The lowest BCUT2D eigenvalue weighted by Gasteiger charge is -2.19. The average Bonchev–Trinajstić information content (AvgIpc) is 2.92. The second-order valence-corrected chi connectivity index (χ2v) is 6.26. The molecule has 7 heteroatoms. The molecule has 102 valence electrons. The first-order valence-corrected chi connectivity index (χ1v) is 7.23. The average molecular weight is 377 g/mol. The standard InChI is InChI=1S/C12H13FIN3O2/c13-9-1-11(12(17(18)19)2-10(9)14)16-5-7-3-15-4-8(7)6-16/h1-2,7-8,15H,3-6H2. The number of hydrogen-bond acceptors (Lipinski definition) is 4. The van der Waals surface area contributed by atoms with Gasteiger partial charge in [0.15, 0.2) is 0 Å². The zero-order chi connectivity index (χ0) is 13.6. The van der Waals surface area contributed by atoms with Gasteiger partial charge in [-0.1, -0.05) is 0 Å². The summed E-state index contributed by atoms with van der Waals surface area (Å²) in [6, 6.07) is 2.62. The molecule has 0 radical (unpaired) electrons. The van der Waals surface area contributed by atoms with Gasteiger partial charge in [-0.3, -0.25) is 10.1 Å². The molecule has 1 aromatic rings. The van der Waals surface area contributed by atoms with Crippen molar-refractivity contribution in [3.63, 3.8) is 0 Å². The predicted molar refractivity (Wildman–Crippen MR) is 77.8 cm³/mol. The molecule has 2 saturated heterocycles. The fourth-order valence-electron chi connectivity index (χ4n) is 2.98. The molecule has 19 heavy (non-hydrogen) atoms. The van der Waals surface area contributed by atoms with Crippen molar-refractivity contribution in [1.29, 1.82) is 0 Å². The maximum absolute atomic E-state index is 13.7. The molecule has 1 aromatic carbocycles. The van der Waals surface area contributed by atoms with Crippen LogP contribution < -0.4 is 10.2 Å². The van der Waals surface area contributed by atoms with E-state index in [1.807, 2.05) is 4.90 Å². The van der Waals surface area contributed by atoms with E-state index in [4.69, 9.17) is 0 Å². The van der Waals surface area contributed by atoms with Crippen molar-refractivity contribution in [1.82, 2.24) is 5.32 Å². The minimum atomic E-state index is -0.427. The summed E-state index contributed by atoms with van der Waals surface area (Å²) < 4.78 is 14.0. The quantitative estimate of drug-likeness (QED) is 0.487. The van der Waals surface area contributed by atoms with Crippen LogP contribution in [-0.4, -0.2) is 31.1 Å². The van der Waals surface area contributed by atoms with Crippen molar-refractivity contribution in [2.75, 3.05) is 31.1 Å². The highest BCUT2D eigenvalue weighted by Gasteiger charge is 2.38. The number of anilines is 1. The Kier molecular flexibility index (Phi) is 3.34. The summed E-state index contributed by atoms with van der Waals surface area (Å²) in [6.45, 7) is 3.42. The Morgan fingerprint density at radius 2 is 2.00 bits per heavy atom. The minimum absolute atomic E-state index is 0.00117. The third-order valence-electron chi connectivity index (χ3n) is 3.94. The monoisotopic (exact) mass is 377 g/mol. The number of benzene rings is 1. The van der Waals surface area contributed by atoms with E-state index in [1.165, 1.54) is 12.1 Å². The molecule has 2 heterocycles. The smallest absolute Gasteiger partial charge is 0.293 e. The van der Waals surface area contributed by atoms with Crippen LogP contribution in [0.25, 0.3) is 0 Å². The zero-order valence-electron chi connectivity index (χ0n) is 10.1. The lowest BCUT2D eigenvalue weighted by atomic mass is 10.0. The lowest BCUT2D eigenvalue weighted by Crippen LogP contribution is -2.26. The third-order valence-corrected chi connectivity index (χ3v) is 4.77. The van der Waals surface area contributed by atoms with Crippen LogP contribution in [0, 0.1) is 31.3 Å². The Bertz CT molecular complexity index is 528. The second kappa shape index (κ2) is 4.86. The van der Waals surface area contributed by atoms with Gasteiger partial charge < -0.3 is 10.2 Å². The Morgan fingerprint density at radius 3 is 2.58 bits per heavy atom. The minimum Gasteiger partial charge on any atom is -0.365 e. The Balaban J connectivity index is 1.96. The van der Waals surface area contributed by atoms with Gasteiger partial charge in [0.25, 0.3) is 5.69 Å². The number of hydrogen-bond donors (Lipinski definition) is 1. The van der Waals surface area contributed by atoms with E-state index >= 15 is 0 Å². The molecular weight excluding hydrogens is 364 g/mol. The van der Waals surface area contributed by atoms with E-state index in [9.17, 15) is 14.5 Å². The molecule has 2 unspecified atom stereocenters. The lowest BCUT2D eigenvalue weighted by molar-refractivity contribution is -0.384. The molecule has 2 fully saturated rings. The Hall–Kier alpha value is -0.960. The van der Waals surface area contributed by atoms with E-state index in [1.54, 1.807) is 22.6 Å². The van der Waals surface area contributed by atoms with Gasteiger partial charge in [-0.05, 0) is 34.4 Å². The summed E-state index contributed by atoms with van der Waals surface area (Å²) in [7, 11) is 0. The molecule has 2 atom stereocenters. The molecule has 0 bridgehead atoms. The van der Waals surface area contributed by atoms with Gasteiger partial charge in [-0.2, -0.15) is 0 Å². The number of nitrogens with one attached hydrogen (secondary N) is 1. The fourth-order valence-corrected chi connectivity index (χ4v) is 3.43. The number of halogens is 2. The first-order valence-electron chi connectivity index (χ1n) is 6.15. The predicted octanol–water partition coefficient (Wildman–Crippen LogP) is 1.99. The molecule has 0 saturated carbocycles. The third kappa shape index (κ3) is 2.29. The molecule has 0 aliphatic carbocycles.